The predicted molar refractivity (Wildman–Crippen MR) is 120 cm³/mol. The van der Waals surface area contributed by atoms with Crippen molar-refractivity contribution in [3.63, 3.8) is 0 Å². The van der Waals surface area contributed by atoms with Crippen molar-refractivity contribution in [2.24, 2.45) is 11.8 Å². The monoisotopic (exact) mass is 438 g/mol. The fraction of sp³-hybridized carbons (Fsp3) is 0.348. The van der Waals surface area contributed by atoms with Crippen LogP contribution in [0.3, 0.4) is 0 Å². The van der Waals surface area contributed by atoms with Crippen LogP contribution in [0.5, 0.6) is 0 Å². The van der Waals surface area contributed by atoms with Crippen LogP contribution < -0.4 is 5.32 Å². The topological polar surface area (TPSA) is 59.8 Å². The van der Waals surface area contributed by atoms with Crippen LogP contribution in [-0.2, 0) is 4.79 Å². The fourth-order valence-corrected chi connectivity index (χ4v) is 4.74. The second kappa shape index (κ2) is 8.44. The van der Waals surface area contributed by atoms with Gasteiger partial charge in [-0.25, -0.2) is 0 Å². The van der Waals surface area contributed by atoms with Gasteiger partial charge in [0.05, 0.1) is 5.75 Å². The molecular weight excluding hydrogens is 416 g/mol. The highest BCUT2D eigenvalue weighted by molar-refractivity contribution is 7.99. The average molecular weight is 439 g/mol. The van der Waals surface area contributed by atoms with Crippen LogP contribution in [0.15, 0.2) is 59.8 Å². The van der Waals surface area contributed by atoms with E-state index in [1.54, 1.807) is 0 Å². The summed E-state index contributed by atoms with van der Waals surface area (Å²) in [6, 6.07) is 17.9. The molecule has 5 rings (SSSR count). The normalized spacial score (nSPS) is 16.1. The second-order valence-corrected chi connectivity index (χ2v) is 9.42. The molecule has 30 heavy (non-hydrogen) atoms. The van der Waals surface area contributed by atoms with Crippen LogP contribution >= 0.6 is 23.4 Å². The molecule has 2 aromatic carbocycles. The Bertz CT molecular complexity index is 1020. The standard InChI is InChI=1S/C23H23ClN4OS/c24-18-12-10-17(11-13-18)22-26-27-23(28(22)19-4-2-1-3-5-19)30-14-20(29)25-21(15-6-7-15)16-8-9-16/h1-5,10-13,15-16,21H,6-9,14H2,(H,25,29). The van der Waals surface area contributed by atoms with Gasteiger partial charge in [0.25, 0.3) is 0 Å². The summed E-state index contributed by atoms with van der Waals surface area (Å²) in [4.78, 5) is 12.6. The fourth-order valence-electron chi connectivity index (χ4n) is 3.85. The lowest BCUT2D eigenvalue weighted by molar-refractivity contribution is -0.119. The number of hydrogen-bond acceptors (Lipinski definition) is 4. The first-order chi connectivity index (χ1) is 14.7. The van der Waals surface area contributed by atoms with Crippen molar-refractivity contribution in [2.75, 3.05) is 5.75 Å². The Balaban J connectivity index is 1.36. The lowest BCUT2D eigenvalue weighted by Crippen LogP contribution is -2.39. The lowest BCUT2D eigenvalue weighted by Gasteiger charge is -2.17. The summed E-state index contributed by atoms with van der Waals surface area (Å²) in [6.07, 6.45) is 5.01. The zero-order valence-corrected chi connectivity index (χ0v) is 18.1. The largest absolute Gasteiger partial charge is 0.352 e. The molecular formula is C23H23ClN4OS. The highest BCUT2D eigenvalue weighted by Crippen LogP contribution is 2.44. The van der Waals surface area contributed by atoms with Gasteiger partial charge in [-0.15, -0.1) is 10.2 Å². The number of carbonyl (C=O) groups is 1. The van der Waals surface area contributed by atoms with Gasteiger partial charge < -0.3 is 5.32 Å². The zero-order valence-electron chi connectivity index (χ0n) is 16.5. The van der Waals surface area contributed by atoms with Crippen molar-refractivity contribution < 1.29 is 4.79 Å². The minimum absolute atomic E-state index is 0.0828. The van der Waals surface area contributed by atoms with Gasteiger partial charge in [0.15, 0.2) is 11.0 Å². The summed E-state index contributed by atoms with van der Waals surface area (Å²) in [5, 5.41) is 13.5. The molecule has 2 aliphatic rings. The Kier molecular flexibility index (Phi) is 5.52. The third-order valence-electron chi connectivity index (χ3n) is 5.67. The van der Waals surface area contributed by atoms with Gasteiger partial charge in [-0.1, -0.05) is 41.6 Å². The van der Waals surface area contributed by atoms with Crippen LogP contribution in [-0.4, -0.2) is 32.5 Å². The Labute approximate surface area is 185 Å². The van der Waals surface area contributed by atoms with Gasteiger partial charge in [-0.2, -0.15) is 0 Å². The van der Waals surface area contributed by atoms with E-state index in [0.717, 1.165) is 17.1 Å². The van der Waals surface area contributed by atoms with E-state index in [-0.39, 0.29) is 5.91 Å². The van der Waals surface area contributed by atoms with Crippen LogP contribution in [0, 0.1) is 11.8 Å². The molecule has 3 aromatic rings. The van der Waals surface area contributed by atoms with Crippen LogP contribution in [0.1, 0.15) is 25.7 Å². The van der Waals surface area contributed by atoms with E-state index in [4.69, 9.17) is 11.6 Å². The number of nitrogens with one attached hydrogen (secondary N) is 1. The Morgan fingerprint density at radius 2 is 1.70 bits per heavy atom. The predicted octanol–water partition coefficient (Wildman–Crippen LogP) is 4.98. The number of para-hydroxylation sites is 1. The molecule has 1 heterocycles. The summed E-state index contributed by atoms with van der Waals surface area (Å²) in [5.41, 5.74) is 1.89. The minimum atomic E-state index is 0.0828. The summed E-state index contributed by atoms with van der Waals surface area (Å²) in [6.45, 7) is 0. The Morgan fingerprint density at radius 3 is 2.33 bits per heavy atom. The molecule has 0 radical (unpaired) electrons. The number of carbonyl (C=O) groups excluding carboxylic acids is 1. The van der Waals surface area contributed by atoms with Crippen molar-refractivity contribution in [3.05, 3.63) is 59.6 Å². The third-order valence-corrected chi connectivity index (χ3v) is 6.85. The number of amides is 1. The van der Waals surface area contributed by atoms with Crippen molar-refractivity contribution in [1.29, 1.82) is 0 Å². The summed E-state index contributed by atoms with van der Waals surface area (Å²) in [5.74, 6) is 2.53. The van der Waals surface area contributed by atoms with Crippen LogP contribution in [0.25, 0.3) is 17.1 Å². The molecule has 2 aliphatic carbocycles. The highest BCUT2D eigenvalue weighted by Gasteiger charge is 2.42. The summed E-state index contributed by atoms with van der Waals surface area (Å²) >= 11 is 7.48. The zero-order chi connectivity index (χ0) is 20.5. The van der Waals surface area contributed by atoms with Gasteiger partial charge in [-0.05, 0) is 73.9 Å². The van der Waals surface area contributed by atoms with Crippen LogP contribution in [0.4, 0.5) is 0 Å². The molecule has 1 N–H and O–H groups in total. The number of hydrogen-bond donors (Lipinski definition) is 1. The lowest BCUT2D eigenvalue weighted by atomic mass is 10.1. The van der Waals surface area contributed by atoms with E-state index in [1.807, 2.05) is 59.2 Å². The quantitative estimate of drug-likeness (QED) is 0.503. The van der Waals surface area contributed by atoms with Crippen LogP contribution in [0.2, 0.25) is 5.02 Å². The maximum Gasteiger partial charge on any atom is 0.230 e. The van der Waals surface area contributed by atoms with E-state index in [9.17, 15) is 4.79 Å². The van der Waals surface area contributed by atoms with Gasteiger partial charge >= 0.3 is 0 Å². The van der Waals surface area contributed by atoms with Crippen molar-refractivity contribution in [3.8, 4) is 17.1 Å². The number of nitrogens with zero attached hydrogens (tertiary/aromatic N) is 3. The van der Waals surface area contributed by atoms with Gasteiger partial charge in [-0.3, -0.25) is 9.36 Å². The molecule has 0 bridgehead atoms. The third kappa shape index (κ3) is 4.40. The van der Waals surface area contributed by atoms with Crippen molar-refractivity contribution in [1.82, 2.24) is 20.1 Å². The van der Waals surface area contributed by atoms with E-state index in [2.05, 4.69) is 15.5 Å². The molecule has 1 amide bonds. The SMILES string of the molecule is O=C(CSc1nnc(-c2ccc(Cl)cc2)n1-c1ccccc1)NC(C1CC1)C1CC1. The Morgan fingerprint density at radius 1 is 1.03 bits per heavy atom. The molecule has 7 heteroatoms. The maximum atomic E-state index is 12.6. The first-order valence-corrected chi connectivity index (χ1v) is 11.7. The number of thioether (sulfide) groups is 1. The Hall–Kier alpha value is -2.31. The average Bonchev–Trinajstić information content (AvgIpc) is 3.69. The van der Waals surface area contributed by atoms with Gasteiger partial charge in [0.1, 0.15) is 0 Å². The second-order valence-electron chi connectivity index (χ2n) is 8.04. The summed E-state index contributed by atoms with van der Waals surface area (Å²) in [7, 11) is 0. The van der Waals surface area contributed by atoms with Gasteiger partial charge in [0.2, 0.25) is 5.91 Å². The molecule has 0 unspecified atom stereocenters. The molecule has 1 aromatic heterocycles. The molecule has 2 saturated carbocycles. The molecule has 0 aliphatic heterocycles. The number of aromatic nitrogens is 3. The van der Waals surface area contributed by atoms with Gasteiger partial charge in [0, 0.05) is 22.3 Å². The molecule has 0 saturated heterocycles. The highest BCUT2D eigenvalue weighted by atomic mass is 35.5. The first kappa shape index (κ1) is 19.6. The summed E-state index contributed by atoms with van der Waals surface area (Å²) < 4.78 is 2.00. The number of benzene rings is 2. The minimum Gasteiger partial charge on any atom is -0.352 e. The molecule has 0 spiro atoms. The molecule has 2 fully saturated rings. The van der Waals surface area contributed by atoms with E-state index in [0.29, 0.717) is 33.8 Å². The van der Waals surface area contributed by atoms with Crippen molar-refractivity contribution >= 4 is 29.3 Å². The first-order valence-electron chi connectivity index (χ1n) is 10.4. The number of halogens is 1. The van der Waals surface area contributed by atoms with Crippen molar-refractivity contribution in [2.45, 2.75) is 36.9 Å². The van der Waals surface area contributed by atoms with E-state index >= 15 is 0 Å². The maximum absolute atomic E-state index is 12.6. The smallest absolute Gasteiger partial charge is 0.230 e. The molecule has 5 nitrogen and oxygen atoms in total. The molecule has 0 atom stereocenters. The number of rotatable bonds is 8. The molecule has 154 valence electrons. The van der Waals surface area contributed by atoms with E-state index < -0.39 is 0 Å². The van der Waals surface area contributed by atoms with E-state index in [1.165, 1.54) is 37.4 Å².